The highest BCUT2D eigenvalue weighted by molar-refractivity contribution is 5.97. The Kier molecular flexibility index (Phi) is 6.49. The molecule has 2 aromatic carbocycles. The molecule has 1 atom stereocenters. The van der Waals surface area contributed by atoms with E-state index in [1.54, 1.807) is 30.5 Å². The number of hydrogen-bond acceptors (Lipinski definition) is 6. The van der Waals surface area contributed by atoms with Crippen LogP contribution in [0.5, 0.6) is 0 Å². The van der Waals surface area contributed by atoms with E-state index in [0.717, 1.165) is 5.52 Å². The van der Waals surface area contributed by atoms with E-state index in [1.165, 1.54) is 26.0 Å². The Labute approximate surface area is 173 Å². The molecule has 0 aliphatic carbocycles. The van der Waals surface area contributed by atoms with Gasteiger partial charge in [0, 0.05) is 24.4 Å². The van der Waals surface area contributed by atoms with E-state index in [2.05, 4.69) is 20.6 Å². The van der Waals surface area contributed by atoms with E-state index in [1.807, 2.05) is 24.3 Å². The van der Waals surface area contributed by atoms with Crippen molar-refractivity contribution in [1.29, 1.82) is 0 Å². The number of aromatic nitrogens is 2. The maximum atomic E-state index is 12.2. The van der Waals surface area contributed by atoms with E-state index in [4.69, 9.17) is 4.74 Å². The number of hydrogen-bond donors (Lipinski definition) is 2. The summed E-state index contributed by atoms with van der Waals surface area (Å²) in [6.07, 6.45) is 3.23. The summed E-state index contributed by atoms with van der Waals surface area (Å²) in [5.74, 6) is -1.34. The van der Waals surface area contributed by atoms with Crippen LogP contribution in [-0.4, -0.2) is 33.9 Å². The van der Waals surface area contributed by atoms with Crippen LogP contribution in [0.25, 0.3) is 17.1 Å². The second-order valence-electron chi connectivity index (χ2n) is 6.44. The molecule has 0 saturated carbocycles. The lowest BCUT2D eigenvalue weighted by molar-refractivity contribution is -0.148. The molecule has 0 saturated heterocycles. The fourth-order valence-corrected chi connectivity index (χ4v) is 2.56. The number of esters is 1. The average Bonchev–Trinajstić information content (AvgIpc) is 2.73. The highest BCUT2D eigenvalue weighted by Gasteiger charge is 2.16. The number of benzene rings is 2. The second kappa shape index (κ2) is 9.42. The van der Waals surface area contributed by atoms with Crippen molar-refractivity contribution in [3.63, 3.8) is 0 Å². The van der Waals surface area contributed by atoms with Gasteiger partial charge in [0.05, 0.1) is 22.9 Å². The third kappa shape index (κ3) is 5.71. The van der Waals surface area contributed by atoms with E-state index < -0.39 is 18.0 Å². The van der Waals surface area contributed by atoms with Crippen molar-refractivity contribution in [2.75, 3.05) is 10.6 Å². The zero-order chi connectivity index (χ0) is 21.5. The Morgan fingerprint density at radius 3 is 2.27 bits per heavy atom. The van der Waals surface area contributed by atoms with Crippen LogP contribution in [0.3, 0.4) is 0 Å². The van der Waals surface area contributed by atoms with Crippen LogP contribution in [0.15, 0.2) is 60.8 Å². The molecule has 0 fully saturated rings. The molecule has 3 rings (SSSR count). The third-order valence-electron chi connectivity index (χ3n) is 3.99. The van der Waals surface area contributed by atoms with Crippen molar-refractivity contribution < 1.29 is 19.1 Å². The molecule has 0 bridgehead atoms. The van der Waals surface area contributed by atoms with E-state index in [9.17, 15) is 14.4 Å². The molecule has 8 heteroatoms. The number of rotatable bonds is 6. The maximum absolute atomic E-state index is 12.2. The van der Waals surface area contributed by atoms with Crippen molar-refractivity contribution in [2.24, 2.45) is 0 Å². The summed E-state index contributed by atoms with van der Waals surface area (Å²) in [5.41, 5.74) is 3.10. The number of nitrogens with zero attached hydrogens (tertiary/aromatic N) is 2. The zero-order valence-electron chi connectivity index (χ0n) is 16.5. The molecule has 0 aliphatic rings. The Balaban J connectivity index is 1.54. The molecular formula is C22H20N4O4. The fraction of sp³-hybridized carbons (Fsp3) is 0.136. The Morgan fingerprint density at radius 1 is 0.967 bits per heavy atom. The first-order valence-corrected chi connectivity index (χ1v) is 9.20. The van der Waals surface area contributed by atoms with Crippen molar-refractivity contribution >= 4 is 46.3 Å². The van der Waals surface area contributed by atoms with Gasteiger partial charge in [0.1, 0.15) is 0 Å². The first-order chi connectivity index (χ1) is 14.4. The molecule has 30 heavy (non-hydrogen) atoms. The van der Waals surface area contributed by atoms with Gasteiger partial charge < -0.3 is 15.4 Å². The van der Waals surface area contributed by atoms with Gasteiger partial charge in [0.15, 0.2) is 6.10 Å². The molecular weight excluding hydrogens is 384 g/mol. The van der Waals surface area contributed by atoms with Gasteiger partial charge in [-0.25, -0.2) is 9.78 Å². The van der Waals surface area contributed by atoms with Gasteiger partial charge in [-0.1, -0.05) is 12.1 Å². The zero-order valence-corrected chi connectivity index (χ0v) is 16.5. The third-order valence-corrected chi connectivity index (χ3v) is 3.99. The Hall–Kier alpha value is -4.07. The van der Waals surface area contributed by atoms with Gasteiger partial charge in [-0.2, -0.15) is 0 Å². The van der Waals surface area contributed by atoms with Gasteiger partial charge in [-0.15, -0.1) is 0 Å². The van der Waals surface area contributed by atoms with Crippen LogP contribution < -0.4 is 10.6 Å². The lowest BCUT2D eigenvalue weighted by Crippen LogP contribution is -2.29. The first-order valence-electron chi connectivity index (χ1n) is 9.20. The van der Waals surface area contributed by atoms with Gasteiger partial charge in [-0.05, 0) is 49.4 Å². The molecule has 0 spiro atoms. The molecule has 1 heterocycles. The summed E-state index contributed by atoms with van der Waals surface area (Å²) in [7, 11) is 0. The molecule has 8 nitrogen and oxygen atoms in total. The van der Waals surface area contributed by atoms with Crippen molar-refractivity contribution in [1.82, 2.24) is 9.97 Å². The highest BCUT2D eigenvalue weighted by Crippen LogP contribution is 2.14. The summed E-state index contributed by atoms with van der Waals surface area (Å²) in [6.45, 7) is 2.88. The lowest BCUT2D eigenvalue weighted by Gasteiger charge is -2.12. The molecule has 3 aromatic rings. The molecule has 152 valence electrons. The van der Waals surface area contributed by atoms with Crippen molar-refractivity contribution in [3.05, 3.63) is 66.5 Å². The van der Waals surface area contributed by atoms with Gasteiger partial charge >= 0.3 is 5.97 Å². The van der Waals surface area contributed by atoms with Gasteiger partial charge in [-0.3, -0.25) is 14.6 Å². The average molecular weight is 404 g/mol. The molecule has 0 unspecified atom stereocenters. The minimum atomic E-state index is -1.00. The number of fused-ring (bicyclic) bond motifs is 1. The predicted molar refractivity (Wildman–Crippen MR) is 114 cm³/mol. The number of ether oxygens (including phenoxy) is 1. The van der Waals surface area contributed by atoms with E-state index in [-0.39, 0.29) is 5.91 Å². The van der Waals surface area contributed by atoms with Gasteiger partial charge in [0.25, 0.3) is 5.91 Å². The standard InChI is InChI=1S/C22H20N4O4/c1-14(22(29)26-17-9-7-16(8-10-17)24-15(2)27)30-21(28)12-11-18-13-23-19-5-3-4-6-20(19)25-18/h3-14H,1-2H3,(H,24,27)(H,26,29)/b12-11+/t14-/m1/s1. The van der Waals surface area contributed by atoms with Crippen LogP contribution in [-0.2, 0) is 19.1 Å². The number of anilines is 2. The van der Waals surface area contributed by atoms with E-state index in [0.29, 0.717) is 22.6 Å². The largest absolute Gasteiger partial charge is 0.449 e. The van der Waals surface area contributed by atoms with Crippen LogP contribution in [0.1, 0.15) is 19.5 Å². The van der Waals surface area contributed by atoms with Crippen LogP contribution in [0, 0.1) is 0 Å². The SMILES string of the molecule is CC(=O)Nc1ccc(NC(=O)[C@@H](C)OC(=O)/C=C/c2cnc3ccccc3n2)cc1. The second-order valence-corrected chi connectivity index (χ2v) is 6.44. The summed E-state index contributed by atoms with van der Waals surface area (Å²) >= 11 is 0. The van der Waals surface area contributed by atoms with Crippen molar-refractivity contribution in [3.8, 4) is 0 Å². The van der Waals surface area contributed by atoms with E-state index >= 15 is 0 Å². The monoisotopic (exact) mass is 404 g/mol. The quantitative estimate of drug-likeness (QED) is 0.482. The smallest absolute Gasteiger partial charge is 0.331 e. The minimum absolute atomic E-state index is 0.185. The lowest BCUT2D eigenvalue weighted by atomic mass is 10.2. The molecule has 0 aliphatic heterocycles. The summed E-state index contributed by atoms with van der Waals surface area (Å²) < 4.78 is 5.13. The van der Waals surface area contributed by atoms with Crippen LogP contribution >= 0.6 is 0 Å². The molecule has 2 amide bonds. The predicted octanol–water partition coefficient (Wildman–Crippen LogP) is 3.17. The number of carbonyl (C=O) groups is 3. The van der Waals surface area contributed by atoms with Crippen LogP contribution in [0.4, 0.5) is 11.4 Å². The summed E-state index contributed by atoms with van der Waals surface area (Å²) in [4.78, 5) is 43.9. The maximum Gasteiger partial charge on any atom is 0.331 e. The normalized spacial score (nSPS) is 11.8. The summed E-state index contributed by atoms with van der Waals surface area (Å²) in [6, 6.07) is 14.0. The number of amides is 2. The van der Waals surface area contributed by atoms with Gasteiger partial charge in [0.2, 0.25) is 5.91 Å². The topological polar surface area (TPSA) is 110 Å². The Morgan fingerprint density at radius 2 is 1.60 bits per heavy atom. The fourth-order valence-electron chi connectivity index (χ4n) is 2.56. The minimum Gasteiger partial charge on any atom is -0.449 e. The number of para-hydroxylation sites is 2. The molecule has 0 radical (unpaired) electrons. The molecule has 2 N–H and O–H groups in total. The molecule has 1 aromatic heterocycles. The van der Waals surface area contributed by atoms with Crippen LogP contribution in [0.2, 0.25) is 0 Å². The van der Waals surface area contributed by atoms with Crippen molar-refractivity contribution in [2.45, 2.75) is 20.0 Å². The summed E-state index contributed by atoms with van der Waals surface area (Å²) in [5, 5.41) is 5.28. The first kappa shape index (κ1) is 20.7. The highest BCUT2D eigenvalue weighted by atomic mass is 16.5. The number of nitrogens with one attached hydrogen (secondary N) is 2. The Bertz CT molecular complexity index is 1110. The number of carbonyl (C=O) groups excluding carboxylic acids is 3.